The van der Waals surface area contributed by atoms with E-state index in [4.69, 9.17) is 0 Å². The summed E-state index contributed by atoms with van der Waals surface area (Å²) in [6.07, 6.45) is 1.25. The molecule has 0 aliphatic heterocycles. The Hall–Kier alpha value is -4.01. The van der Waals surface area contributed by atoms with Gasteiger partial charge in [0.15, 0.2) is 11.5 Å². The minimum atomic E-state index is -0.741. The van der Waals surface area contributed by atoms with E-state index in [-0.39, 0.29) is 22.9 Å². The lowest BCUT2D eigenvalue weighted by molar-refractivity contribution is 0.0949. The number of carbonyl (C=O) groups excluding carboxylic acids is 1. The first kappa shape index (κ1) is 17.8. The Balaban J connectivity index is 1.78. The number of amides is 1. The average Bonchev–Trinajstić information content (AvgIpc) is 2.64. The van der Waals surface area contributed by atoms with Crippen LogP contribution >= 0.6 is 0 Å². The summed E-state index contributed by atoms with van der Waals surface area (Å²) >= 11 is 0. The highest BCUT2D eigenvalue weighted by molar-refractivity contribution is 5.94. The van der Waals surface area contributed by atoms with Gasteiger partial charge in [0, 0.05) is 5.56 Å². The Morgan fingerprint density at radius 2 is 1.85 bits per heavy atom. The first-order chi connectivity index (χ1) is 12.9. The number of phenols is 2. The molecule has 8 nitrogen and oxygen atoms in total. The summed E-state index contributed by atoms with van der Waals surface area (Å²) in [6.45, 7) is 0. The van der Waals surface area contributed by atoms with Crippen molar-refractivity contribution in [3.8, 4) is 22.8 Å². The second-order valence-electron chi connectivity index (χ2n) is 5.44. The molecule has 0 saturated carbocycles. The van der Waals surface area contributed by atoms with Crippen LogP contribution in [0.15, 0.2) is 58.4 Å². The average molecular weight is 368 g/mol. The van der Waals surface area contributed by atoms with Gasteiger partial charge in [-0.2, -0.15) is 10.1 Å². The number of aromatic nitrogens is 2. The normalized spacial score (nSPS) is 10.9. The number of nitrogens with one attached hydrogen (secondary N) is 2. The number of nitrogens with zero attached hydrogens (tertiary/aromatic N) is 2. The summed E-state index contributed by atoms with van der Waals surface area (Å²) in [7, 11) is 0. The molecule has 0 saturated heterocycles. The molecule has 1 amide bonds. The Bertz CT molecular complexity index is 1080. The second kappa shape index (κ2) is 7.48. The lowest BCUT2D eigenvalue weighted by Gasteiger charge is -2.04. The zero-order valence-electron chi connectivity index (χ0n) is 13.7. The predicted molar refractivity (Wildman–Crippen MR) is 95.1 cm³/mol. The molecule has 136 valence electrons. The van der Waals surface area contributed by atoms with Crippen LogP contribution in [-0.2, 0) is 0 Å². The molecular weight excluding hydrogens is 355 g/mol. The quantitative estimate of drug-likeness (QED) is 0.317. The van der Waals surface area contributed by atoms with Crippen molar-refractivity contribution in [3.63, 3.8) is 0 Å². The molecule has 0 radical (unpaired) electrons. The molecule has 9 heteroatoms. The van der Waals surface area contributed by atoms with E-state index in [1.165, 1.54) is 54.7 Å². The maximum atomic E-state index is 13.0. The number of phenolic OH excluding ortho intramolecular Hbond substituents is 2. The summed E-state index contributed by atoms with van der Waals surface area (Å²) in [5, 5.41) is 22.4. The zero-order valence-corrected chi connectivity index (χ0v) is 13.7. The second-order valence-corrected chi connectivity index (χ2v) is 5.44. The van der Waals surface area contributed by atoms with Crippen LogP contribution in [-0.4, -0.2) is 32.3 Å². The van der Waals surface area contributed by atoms with Crippen molar-refractivity contribution in [2.45, 2.75) is 0 Å². The molecule has 3 rings (SSSR count). The highest BCUT2D eigenvalue weighted by atomic mass is 19.1. The Morgan fingerprint density at radius 3 is 2.56 bits per heavy atom. The largest absolute Gasteiger partial charge is 0.504 e. The molecule has 0 aliphatic rings. The number of halogens is 1. The van der Waals surface area contributed by atoms with Gasteiger partial charge in [0.25, 0.3) is 5.91 Å². The third-order valence-electron chi connectivity index (χ3n) is 3.51. The van der Waals surface area contributed by atoms with Crippen molar-refractivity contribution in [1.82, 2.24) is 15.4 Å². The molecule has 0 bridgehead atoms. The molecule has 0 fully saturated rings. The fourth-order valence-corrected chi connectivity index (χ4v) is 2.19. The number of aromatic hydroxyl groups is 2. The number of aromatic amines is 1. The van der Waals surface area contributed by atoms with Crippen molar-refractivity contribution >= 4 is 12.1 Å². The molecular formula is C18H13FN4O4. The van der Waals surface area contributed by atoms with Crippen LogP contribution in [0.4, 0.5) is 4.39 Å². The maximum absolute atomic E-state index is 13.0. The monoisotopic (exact) mass is 368 g/mol. The molecule has 1 heterocycles. The molecule has 0 unspecified atom stereocenters. The van der Waals surface area contributed by atoms with Crippen LogP contribution in [0.3, 0.4) is 0 Å². The van der Waals surface area contributed by atoms with E-state index in [1.54, 1.807) is 0 Å². The molecule has 1 aromatic heterocycles. The van der Waals surface area contributed by atoms with Crippen molar-refractivity contribution < 1.29 is 19.4 Å². The maximum Gasteiger partial charge on any atom is 0.346 e. The van der Waals surface area contributed by atoms with E-state index in [2.05, 4.69) is 20.5 Å². The fraction of sp³-hybridized carbons (Fsp3) is 0. The van der Waals surface area contributed by atoms with Crippen LogP contribution < -0.4 is 11.1 Å². The summed E-state index contributed by atoms with van der Waals surface area (Å²) in [5.74, 6) is -1.74. The van der Waals surface area contributed by atoms with Gasteiger partial charge in [-0.1, -0.05) is 0 Å². The van der Waals surface area contributed by atoms with Gasteiger partial charge in [-0.05, 0) is 54.1 Å². The van der Waals surface area contributed by atoms with Gasteiger partial charge in [0.05, 0.1) is 11.9 Å². The minimum absolute atomic E-state index is 0.0833. The fourth-order valence-electron chi connectivity index (χ4n) is 2.19. The van der Waals surface area contributed by atoms with Crippen LogP contribution in [0, 0.1) is 5.82 Å². The highest BCUT2D eigenvalue weighted by Crippen LogP contribution is 2.24. The van der Waals surface area contributed by atoms with Crippen molar-refractivity contribution in [2.75, 3.05) is 0 Å². The lowest BCUT2D eigenvalue weighted by Crippen LogP contribution is -2.24. The van der Waals surface area contributed by atoms with Crippen LogP contribution in [0.5, 0.6) is 11.5 Å². The van der Waals surface area contributed by atoms with Gasteiger partial charge in [-0.15, -0.1) is 0 Å². The summed E-state index contributed by atoms with van der Waals surface area (Å²) < 4.78 is 13.0. The molecule has 3 aromatic rings. The number of rotatable bonds is 4. The van der Waals surface area contributed by atoms with E-state index < -0.39 is 17.4 Å². The van der Waals surface area contributed by atoms with E-state index in [9.17, 15) is 24.2 Å². The molecule has 27 heavy (non-hydrogen) atoms. The molecule has 4 N–H and O–H groups in total. The smallest absolute Gasteiger partial charge is 0.346 e. The molecule has 0 spiro atoms. The standard InChI is InChI=1S/C18H13FN4O4/c19-12-4-2-11(3-5-12)13-8-14(22-18(27)21-13)17(26)23-20-9-10-1-6-15(24)16(25)7-10/h1-9,24-25H,(H,23,26)(H,21,22,27)/b20-9+. The third kappa shape index (κ3) is 4.34. The number of hydrazone groups is 1. The number of carbonyl (C=O) groups is 1. The SMILES string of the molecule is O=C(N/N=C/c1ccc(O)c(O)c1)c1cc(-c2ccc(F)cc2)nc(=O)[nH]1. The van der Waals surface area contributed by atoms with Crippen molar-refractivity contribution in [2.24, 2.45) is 5.10 Å². The number of hydrogen-bond donors (Lipinski definition) is 4. The van der Waals surface area contributed by atoms with E-state index >= 15 is 0 Å². The molecule has 0 atom stereocenters. The lowest BCUT2D eigenvalue weighted by atomic mass is 10.1. The van der Waals surface area contributed by atoms with Gasteiger partial charge in [0.2, 0.25) is 0 Å². The van der Waals surface area contributed by atoms with Gasteiger partial charge in [0.1, 0.15) is 11.5 Å². The predicted octanol–water partition coefficient (Wildman–Crippen LogP) is 1.75. The summed E-state index contributed by atoms with van der Waals surface area (Å²) in [4.78, 5) is 29.9. The topological polar surface area (TPSA) is 128 Å². The number of hydrogen-bond acceptors (Lipinski definition) is 6. The highest BCUT2D eigenvalue weighted by Gasteiger charge is 2.10. The van der Waals surface area contributed by atoms with Crippen LogP contribution in [0.25, 0.3) is 11.3 Å². The van der Waals surface area contributed by atoms with Gasteiger partial charge in [-0.25, -0.2) is 14.6 Å². The van der Waals surface area contributed by atoms with Crippen molar-refractivity contribution in [3.05, 3.63) is 76.1 Å². The van der Waals surface area contributed by atoms with Gasteiger partial charge in [-0.3, -0.25) is 4.79 Å². The van der Waals surface area contributed by atoms with Gasteiger partial charge >= 0.3 is 5.69 Å². The van der Waals surface area contributed by atoms with Crippen molar-refractivity contribution in [1.29, 1.82) is 0 Å². The number of benzene rings is 2. The number of H-pyrrole nitrogens is 1. The molecule has 2 aromatic carbocycles. The van der Waals surface area contributed by atoms with Crippen LogP contribution in [0.2, 0.25) is 0 Å². The third-order valence-corrected chi connectivity index (χ3v) is 3.51. The Morgan fingerprint density at radius 1 is 1.11 bits per heavy atom. The van der Waals surface area contributed by atoms with Gasteiger partial charge < -0.3 is 15.2 Å². The van der Waals surface area contributed by atoms with E-state index in [0.29, 0.717) is 11.1 Å². The van der Waals surface area contributed by atoms with Crippen LogP contribution in [0.1, 0.15) is 16.1 Å². The Kier molecular flexibility index (Phi) is 4.93. The van der Waals surface area contributed by atoms with E-state index in [0.717, 1.165) is 0 Å². The first-order valence-electron chi connectivity index (χ1n) is 7.65. The van der Waals surface area contributed by atoms with E-state index in [1.807, 2.05) is 0 Å². The zero-order chi connectivity index (χ0) is 19.4. The first-order valence-corrected chi connectivity index (χ1v) is 7.65. The Labute approximate surface area is 151 Å². The molecule has 0 aliphatic carbocycles. The summed E-state index contributed by atoms with van der Waals surface area (Å²) in [5.41, 5.74) is 2.51. The summed E-state index contributed by atoms with van der Waals surface area (Å²) in [6, 6.07) is 10.7. The minimum Gasteiger partial charge on any atom is -0.504 e.